The fourth-order valence-electron chi connectivity index (χ4n) is 2.22. The molecule has 0 radical (unpaired) electrons. The van der Waals surface area contributed by atoms with Gasteiger partial charge in [0.05, 0.1) is 0 Å². The first-order valence-electron chi connectivity index (χ1n) is 8.21. The molecule has 0 aliphatic heterocycles. The second kappa shape index (κ2) is 9.17. The van der Waals surface area contributed by atoms with Crippen LogP contribution in [0.4, 0.5) is 119 Å². The third kappa shape index (κ3) is 4.48. The smallest absolute Gasteiger partial charge is 0.304 e. The number of halogens is 27. The molecule has 0 unspecified atom stereocenters. The first-order chi connectivity index (χ1) is 17.0. The quantitative estimate of drug-likeness (QED) is 0.173. The topological polar surface area (TPSA) is 17.1 Å². The van der Waals surface area contributed by atoms with Crippen LogP contribution < -0.4 is 0 Å². The van der Waals surface area contributed by atoms with Crippen molar-refractivity contribution in [3.05, 3.63) is 0 Å². The zero-order valence-electron chi connectivity index (χ0n) is 17.1. The van der Waals surface area contributed by atoms with Gasteiger partial charge < -0.3 is 4.57 Å². The van der Waals surface area contributed by atoms with Gasteiger partial charge in [0.25, 0.3) is 0 Å². The maximum Gasteiger partial charge on any atom is 0.460 e. The summed E-state index contributed by atoms with van der Waals surface area (Å²) in [4.78, 5) is 0. The lowest BCUT2D eigenvalue weighted by Gasteiger charge is -2.47. The molecule has 0 saturated heterocycles. The van der Waals surface area contributed by atoms with Gasteiger partial charge in [-0.05, 0) is 0 Å². The maximum absolute atomic E-state index is 14.0. The zero-order valence-corrected chi connectivity index (χ0v) is 18.0. The number of hydrogen-bond acceptors (Lipinski definition) is 1. The van der Waals surface area contributed by atoms with Gasteiger partial charge in [-0.1, -0.05) is 0 Å². The van der Waals surface area contributed by atoms with Crippen molar-refractivity contribution in [1.29, 1.82) is 0 Å². The minimum Gasteiger partial charge on any atom is -0.304 e. The van der Waals surface area contributed by atoms with Gasteiger partial charge in [0.1, 0.15) is 0 Å². The van der Waals surface area contributed by atoms with Crippen molar-refractivity contribution in [3.63, 3.8) is 0 Å². The van der Waals surface area contributed by atoms with Gasteiger partial charge >= 0.3 is 78.2 Å². The molecule has 1 nitrogen and oxygen atoms in total. The molecule has 0 aliphatic carbocycles. The molecular formula is C12F27OP. The summed E-state index contributed by atoms with van der Waals surface area (Å²) < 4.78 is 364. The molecule has 0 spiro atoms. The van der Waals surface area contributed by atoms with Crippen molar-refractivity contribution in [1.82, 2.24) is 0 Å². The van der Waals surface area contributed by atoms with Crippen molar-refractivity contribution in [2.45, 2.75) is 71.1 Å². The van der Waals surface area contributed by atoms with Gasteiger partial charge in [0.2, 0.25) is 0 Å². The van der Waals surface area contributed by atoms with Gasteiger partial charge in [0.15, 0.2) is 0 Å². The van der Waals surface area contributed by atoms with Gasteiger partial charge in [-0.15, -0.1) is 0 Å². The van der Waals surface area contributed by atoms with E-state index in [0.717, 1.165) is 0 Å². The predicted molar refractivity (Wildman–Crippen MR) is 70.3 cm³/mol. The summed E-state index contributed by atoms with van der Waals surface area (Å²) in [6, 6.07) is 0. The SMILES string of the molecule is O=P(C(F)(F)C(F)(F)C(F)(F)C(F)(F)F)(C(F)(F)C(F)(F)C(F)(F)C(F)(F)F)C(F)(F)C(F)(F)C(F)(F)C(F)(F)F. The summed E-state index contributed by atoms with van der Waals surface area (Å²) in [6.45, 7) is 0. The largest absolute Gasteiger partial charge is 0.460 e. The molecule has 0 aromatic heterocycles. The molecule has 0 aliphatic rings. The molecule has 0 atom stereocenters. The maximum atomic E-state index is 14.0. The molecular weight excluding hydrogens is 704 g/mol. The van der Waals surface area contributed by atoms with Crippen molar-refractivity contribution in [3.8, 4) is 0 Å². The van der Waals surface area contributed by atoms with Crippen molar-refractivity contribution in [2.75, 3.05) is 0 Å². The van der Waals surface area contributed by atoms with E-state index >= 15 is 0 Å². The van der Waals surface area contributed by atoms with Crippen LogP contribution in [-0.4, -0.2) is 71.1 Å². The Kier molecular flexibility index (Phi) is 8.80. The Bertz CT molecular complexity index is 892. The van der Waals surface area contributed by atoms with E-state index < -0.39 is 78.2 Å². The van der Waals surface area contributed by atoms with Crippen LogP contribution in [0.1, 0.15) is 0 Å². The Labute approximate surface area is 203 Å². The molecule has 248 valence electrons. The summed E-state index contributed by atoms with van der Waals surface area (Å²) in [5, 5.41) is 0. The summed E-state index contributed by atoms with van der Waals surface area (Å²) >= 11 is 0. The van der Waals surface area contributed by atoms with Crippen LogP contribution in [0.3, 0.4) is 0 Å². The highest BCUT2D eigenvalue weighted by Crippen LogP contribution is 2.88. The van der Waals surface area contributed by atoms with Crippen LogP contribution in [0.25, 0.3) is 0 Å². The fourth-order valence-corrected chi connectivity index (χ4v) is 4.89. The van der Waals surface area contributed by atoms with E-state index in [1.165, 1.54) is 0 Å². The highest BCUT2D eigenvalue weighted by Gasteiger charge is 3.02. The van der Waals surface area contributed by atoms with Gasteiger partial charge in [0, 0.05) is 0 Å². The van der Waals surface area contributed by atoms with Crippen molar-refractivity contribution < 1.29 is 123 Å². The second-order valence-corrected chi connectivity index (χ2v) is 10.1. The van der Waals surface area contributed by atoms with Crippen LogP contribution >= 0.6 is 7.14 Å². The van der Waals surface area contributed by atoms with E-state index in [4.69, 9.17) is 0 Å². The average Bonchev–Trinajstić information content (AvgIpc) is 2.69. The van der Waals surface area contributed by atoms with Crippen LogP contribution in [0, 0.1) is 0 Å². The van der Waals surface area contributed by atoms with E-state index in [-0.39, 0.29) is 0 Å². The zero-order chi connectivity index (χ0) is 34.5. The van der Waals surface area contributed by atoms with E-state index in [2.05, 4.69) is 0 Å². The van der Waals surface area contributed by atoms with Crippen LogP contribution in [0.15, 0.2) is 0 Å². The normalized spacial score (nSPS) is 17.2. The molecule has 0 aromatic rings. The lowest BCUT2D eigenvalue weighted by Crippen LogP contribution is -2.70. The molecule has 0 aromatic carbocycles. The molecule has 41 heavy (non-hydrogen) atoms. The molecule has 0 N–H and O–H groups in total. The van der Waals surface area contributed by atoms with Gasteiger partial charge in [-0.3, -0.25) is 0 Å². The van der Waals surface area contributed by atoms with Crippen LogP contribution in [0.5, 0.6) is 0 Å². The Balaban J connectivity index is 8.58. The van der Waals surface area contributed by atoms with Crippen LogP contribution in [0.2, 0.25) is 0 Å². The van der Waals surface area contributed by atoms with E-state index in [1.54, 1.807) is 0 Å². The van der Waals surface area contributed by atoms with Crippen LogP contribution in [-0.2, 0) is 4.57 Å². The van der Waals surface area contributed by atoms with Crippen molar-refractivity contribution >= 4 is 7.14 Å². The highest BCUT2D eigenvalue weighted by atomic mass is 31.2. The molecule has 0 saturated carbocycles. The van der Waals surface area contributed by atoms with E-state index in [0.29, 0.717) is 0 Å². The lowest BCUT2D eigenvalue weighted by molar-refractivity contribution is -0.399. The van der Waals surface area contributed by atoms with Gasteiger partial charge in [-0.25, -0.2) is 0 Å². The minimum absolute atomic E-state index is 8.55. The Hall–Kier alpha value is -1.66. The number of alkyl halides is 27. The first kappa shape index (κ1) is 39.3. The standard InChI is InChI=1S/C12F27OP/c13-1(14,7(25,26)27)4(19,20)10(34,35)41(40,11(36,37)5(21,22)2(15,16)8(28,29)30)12(38,39)6(23,24)3(17,18)9(31,32)33. The predicted octanol–water partition coefficient (Wildman–Crippen LogP) is 9.63. The summed E-state index contributed by atoms with van der Waals surface area (Å²) in [5.74, 6) is -56.6. The molecule has 0 rings (SSSR count). The molecule has 0 fully saturated rings. The Morgan fingerprint density at radius 1 is 0.244 bits per heavy atom. The monoisotopic (exact) mass is 704 g/mol. The number of hydrogen-bond donors (Lipinski definition) is 0. The molecule has 0 heterocycles. The second-order valence-electron chi connectivity index (χ2n) is 7.17. The third-order valence-electron chi connectivity index (χ3n) is 4.57. The minimum atomic E-state index is -12.4. The van der Waals surface area contributed by atoms with E-state index in [1.807, 2.05) is 0 Å². The van der Waals surface area contributed by atoms with Crippen molar-refractivity contribution in [2.24, 2.45) is 0 Å². The summed E-state index contributed by atoms with van der Waals surface area (Å²) in [6.07, 6.45) is -25.6. The Morgan fingerprint density at radius 2 is 0.366 bits per heavy atom. The number of rotatable bonds is 9. The van der Waals surface area contributed by atoms with Gasteiger partial charge in [-0.2, -0.15) is 119 Å². The fraction of sp³-hybridized carbons (Fsp3) is 1.00. The summed E-state index contributed by atoms with van der Waals surface area (Å²) in [7, 11) is -12.4. The molecule has 29 heteroatoms. The first-order valence-corrected chi connectivity index (χ1v) is 9.91. The molecule has 0 bridgehead atoms. The third-order valence-corrected chi connectivity index (χ3v) is 7.79. The summed E-state index contributed by atoms with van der Waals surface area (Å²) in [5.41, 5.74) is -30.5. The molecule has 0 amide bonds. The highest BCUT2D eigenvalue weighted by molar-refractivity contribution is 7.67. The lowest BCUT2D eigenvalue weighted by atomic mass is 10.1. The Morgan fingerprint density at radius 3 is 0.463 bits per heavy atom. The average molecular weight is 704 g/mol. The van der Waals surface area contributed by atoms with E-state index in [9.17, 15) is 123 Å².